The molecule has 0 unspecified atom stereocenters. The predicted octanol–water partition coefficient (Wildman–Crippen LogP) is 0.626. The number of aromatic nitrogens is 1. The van der Waals surface area contributed by atoms with Crippen LogP contribution in [0, 0.1) is 0 Å². The fourth-order valence-corrected chi connectivity index (χ4v) is 1.91. The molecular formula is C10H14N2O4S. The molecule has 7 heteroatoms. The molecule has 0 aromatic carbocycles. The van der Waals surface area contributed by atoms with Gasteiger partial charge >= 0.3 is 5.97 Å². The molecule has 1 rings (SSSR count). The van der Waals surface area contributed by atoms with E-state index in [1.165, 1.54) is 18.5 Å². The van der Waals surface area contributed by atoms with Gasteiger partial charge in [-0.05, 0) is 6.07 Å². The second kappa shape index (κ2) is 5.62. The van der Waals surface area contributed by atoms with E-state index in [-0.39, 0.29) is 23.6 Å². The van der Waals surface area contributed by atoms with E-state index in [0.717, 1.165) is 0 Å². The van der Waals surface area contributed by atoms with Gasteiger partial charge in [-0.3, -0.25) is 4.98 Å². The minimum atomic E-state index is -3.05. The average molecular weight is 258 g/mol. The molecular weight excluding hydrogens is 244 g/mol. The van der Waals surface area contributed by atoms with Crippen LogP contribution in [0.25, 0.3) is 0 Å². The molecule has 17 heavy (non-hydrogen) atoms. The Morgan fingerprint density at radius 2 is 2.24 bits per heavy atom. The number of pyridine rings is 1. The van der Waals surface area contributed by atoms with Gasteiger partial charge in [-0.1, -0.05) is 6.92 Å². The van der Waals surface area contributed by atoms with Crippen molar-refractivity contribution < 1.29 is 18.3 Å². The first-order valence-electron chi connectivity index (χ1n) is 5.08. The summed E-state index contributed by atoms with van der Waals surface area (Å²) in [6.45, 7) is 1.74. The maximum absolute atomic E-state index is 11.2. The molecule has 1 aromatic rings. The lowest BCUT2D eigenvalue weighted by molar-refractivity contribution is 0.0698. The lowest BCUT2D eigenvalue weighted by atomic mass is 10.2. The van der Waals surface area contributed by atoms with E-state index in [1.807, 2.05) is 0 Å². The zero-order valence-electron chi connectivity index (χ0n) is 9.38. The average Bonchev–Trinajstić information content (AvgIpc) is 2.29. The van der Waals surface area contributed by atoms with Crippen LogP contribution in [0.15, 0.2) is 18.5 Å². The summed E-state index contributed by atoms with van der Waals surface area (Å²) in [6.07, 6.45) is 2.74. The van der Waals surface area contributed by atoms with E-state index >= 15 is 0 Å². The van der Waals surface area contributed by atoms with Crippen LogP contribution >= 0.6 is 0 Å². The van der Waals surface area contributed by atoms with Crippen LogP contribution in [0.1, 0.15) is 17.3 Å². The highest BCUT2D eigenvalue weighted by Crippen LogP contribution is 2.12. The first-order chi connectivity index (χ1) is 7.96. The molecule has 0 aliphatic carbocycles. The number of hydrogen-bond acceptors (Lipinski definition) is 5. The molecule has 0 spiro atoms. The normalized spacial score (nSPS) is 11.1. The molecule has 6 nitrogen and oxygen atoms in total. The van der Waals surface area contributed by atoms with Crippen molar-refractivity contribution >= 4 is 21.5 Å². The fraction of sp³-hybridized carbons (Fsp3) is 0.400. The number of sulfone groups is 1. The first-order valence-corrected chi connectivity index (χ1v) is 6.90. The summed E-state index contributed by atoms with van der Waals surface area (Å²) >= 11 is 0. The zero-order valence-corrected chi connectivity index (χ0v) is 10.2. The van der Waals surface area contributed by atoms with Gasteiger partial charge in [-0.15, -0.1) is 0 Å². The lowest BCUT2D eigenvalue weighted by Crippen LogP contribution is -2.18. The number of anilines is 1. The van der Waals surface area contributed by atoms with E-state index < -0.39 is 15.8 Å². The topological polar surface area (TPSA) is 96.4 Å². The third-order valence-electron chi connectivity index (χ3n) is 2.22. The van der Waals surface area contributed by atoms with Gasteiger partial charge in [0, 0.05) is 18.5 Å². The minimum absolute atomic E-state index is 0.0303. The van der Waals surface area contributed by atoms with Crippen LogP contribution in [-0.4, -0.2) is 42.5 Å². The molecule has 0 fully saturated rings. The van der Waals surface area contributed by atoms with Crippen molar-refractivity contribution in [1.29, 1.82) is 0 Å². The van der Waals surface area contributed by atoms with E-state index in [9.17, 15) is 13.2 Å². The van der Waals surface area contributed by atoms with E-state index in [2.05, 4.69) is 10.3 Å². The van der Waals surface area contributed by atoms with E-state index in [1.54, 1.807) is 6.92 Å². The summed E-state index contributed by atoms with van der Waals surface area (Å²) in [7, 11) is -3.05. The van der Waals surface area contributed by atoms with E-state index in [4.69, 9.17) is 5.11 Å². The second-order valence-electron chi connectivity index (χ2n) is 3.39. The Bertz CT molecular complexity index is 499. The molecule has 94 valence electrons. The standard InChI is InChI=1S/C10H14N2O4S/c1-2-17(15,16)6-5-12-9-7-11-4-3-8(9)10(13)14/h3-4,7,12H,2,5-6H2,1H3,(H,13,14). The number of hydrogen-bond donors (Lipinski definition) is 2. The molecule has 2 N–H and O–H groups in total. The molecule has 0 aliphatic rings. The molecule has 1 aromatic heterocycles. The molecule has 0 atom stereocenters. The molecule has 0 radical (unpaired) electrons. The Morgan fingerprint density at radius 3 is 2.82 bits per heavy atom. The number of carbonyl (C=O) groups is 1. The maximum Gasteiger partial charge on any atom is 0.337 e. The summed E-state index contributed by atoms with van der Waals surface area (Å²) in [5.41, 5.74) is 0.403. The Hall–Kier alpha value is -1.63. The van der Waals surface area contributed by atoms with Crippen molar-refractivity contribution in [2.75, 3.05) is 23.4 Å². The van der Waals surface area contributed by atoms with Crippen molar-refractivity contribution in [2.24, 2.45) is 0 Å². The van der Waals surface area contributed by atoms with Crippen LogP contribution in [0.3, 0.4) is 0 Å². The van der Waals surface area contributed by atoms with Crippen LogP contribution in [0.2, 0.25) is 0 Å². The van der Waals surface area contributed by atoms with Crippen molar-refractivity contribution in [3.8, 4) is 0 Å². The summed E-state index contributed by atoms with van der Waals surface area (Å²) in [4.78, 5) is 14.6. The number of rotatable bonds is 6. The minimum Gasteiger partial charge on any atom is -0.478 e. The number of nitrogens with zero attached hydrogens (tertiary/aromatic N) is 1. The first kappa shape index (κ1) is 13.4. The van der Waals surface area contributed by atoms with Gasteiger partial charge < -0.3 is 10.4 Å². The largest absolute Gasteiger partial charge is 0.478 e. The van der Waals surface area contributed by atoms with Gasteiger partial charge in [0.1, 0.15) is 0 Å². The highest BCUT2D eigenvalue weighted by Gasteiger charge is 2.11. The van der Waals surface area contributed by atoms with Crippen molar-refractivity contribution in [1.82, 2.24) is 4.98 Å². The fourth-order valence-electron chi connectivity index (χ4n) is 1.21. The molecule has 0 saturated carbocycles. The highest BCUT2D eigenvalue weighted by molar-refractivity contribution is 7.91. The number of carboxylic acids is 1. The van der Waals surface area contributed by atoms with Crippen LogP contribution in [0.5, 0.6) is 0 Å². The Labute approximate surface area is 99.6 Å². The molecule has 0 saturated heterocycles. The number of aromatic carboxylic acids is 1. The van der Waals surface area contributed by atoms with Gasteiger partial charge in [0.15, 0.2) is 9.84 Å². The predicted molar refractivity (Wildman–Crippen MR) is 64.0 cm³/mol. The van der Waals surface area contributed by atoms with Crippen molar-refractivity contribution in [3.63, 3.8) is 0 Å². The lowest BCUT2D eigenvalue weighted by Gasteiger charge is -2.08. The quantitative estimate of drug-likeness (QED) is 0.776. The van der Waals surface area contributed by atoms with Crippen LogP contribution in [0.4, 0.5) is 5.69 Å². The number of nitrogens with one attached hydrogen (secondary N) is 1. The maximum atomic E-state index is 11.2. The SMILES string of the molecule is CCS(=O)(=O)CCNc1cnccc1C(=O)O. The molecule has 0 aliphatic heterocycles. The Morgan fingerprint density at radius 1 is 1.53 bits per heavy atom. The van der Waals surface area contributed by atoms with Gasteiger partial charge in [0.2, 0.25) is 0 Å². The van der Waals surface area contributed by atoms with Gasteiger partial charge in [-0.2, -0.15) is 0 Å². The van der Waals surface area contributed by atoms with E-state index in [0.29, 0.717) is 5.69 Å². The Kier molecular flexibility index (Phi) is 4.45. The summed E-state index contributed by atoms with van der Waals surface area (Å²) in [5, 5.41) is 11.6. The molecule has 1 heterocycles. The smallest absolute Gasteiger partial charge is 0.337 e. The third-order valence-corrected chi connectivity index (χ3v) is 3.93. The van der Waals surface area contributed by atoms with Crippen LogP contribution < -0.4 is 5.32 Å². The highest BCUT2D eigenvalue weighted by atomic mass is 32.2. The second-order valence-corrected chi connectivity index (χ2v) is 5.86. The monoisotopic (exact) mass is 258 g/mol. The molecule has 0 amide bonds. The summed E-state index contributed by atoms with van der Waals surface area (Å²) in [6, 6.07) is 1.36. The van der Waals surface area contributed by atoms with Crippen molar-refractivity contribution in [2.45, 2.75) is 6.92 Å². The van der Waals surface area contributed by atoms with Gasteiger partial charge in [0.05, 0.1) is 23.2 Å². The molecule has 0 bridgehead atoms. The third kappa shape index (κ3) is 4.03. The summed E-state index contributed by atoms with van der Waals surface area (Å²) in [5.74, 6) is -1.03. The Balaban J connectivity index is 2.67. The van der Waals surface area contributed by atoms with Gasteiger partial charge in [-0.25, -0.2) is 13.2 Å². The van der Waals surface area contributed by atoms with Gasteiger partial charge in [0.25, 0.3) is 0 Å². The summed E-state index contributed by atoms with van der Waals surface area (Å²) < 4.78 is 22.5. The van der Waals surface area contributed by atoms with Crippen LogP contribution in [-0.2, 0) is 9.84 Å². The zero-order chi connectivity index (χ0) is 12.9. The number of carboxylic acid groups (broad SMARTS) is 1. The van der Waals surface area contributed by atoms with Crippen molar-refractivity contribution in [3.05, 3.63) is 24.0 Å².